The number of rotatable bonds is 23. The third kappa shape index (κ3) is 14.5. The number of likely N-dealkylation sites (N-methyl/N-ethyl adjacent to an activating group) is 1. The van der Waals surface area contributed by atoms with E-state index >= 15 is 0 Å². The van der Waals surface area contributed by atoms with Crippen LogP contribution in [0.15, 0.2) is 0 Å². The number of aliphatic hydroxyl groups excluding tert-OH is 1. The van der Waals surface area contributed by atoms with Crippen LogP contribution in [0.3, 0.4) is 0 Å². The lowest BCUT2D eigenvalue weighted by atomic mass is 9.83. The third-order valence-corrected chi connectivity index (χ3v) is 9.19. The van der Waals surface area contributed by atoms with E-state index in [4.69, 9.17) is 11.5 Å². The summed E-state index contributed by atoms with van der Waals surface area (Å²) in [6.45, 7) is 10.8. The van der Waals surface area contributed by atoms with Gasteiger partial charge in [0.1, 0.15) is 18.1 Å². The smallest absolute Gasteiger partial charge is 0.243 e. The molecular formula is C34H65N7O6. The molecule has 0 spiro atoms. The average Bonchev–Trinajstić information content (AvgIpc) is 3.05. The summed E-state index contributed by atoms with van der Waals surface area (Å²) in [5, 5.41) is 17.8. The predicted octanol–water partition coefficient (Wildman–Crippen LogP) is 1.26. The van der Waals surface area contributed by atoms with Crippen molar-refractivity contribution in [3.8, 4) is 0 Å². The number of nitrogens with one attached hydrogen (secondary N) is 3. The minimum atomic E-state index is -1.05. The molecule has 13 heteroatoms. The van der Waals surface area contributed by atoms with Crippen molar-refractivity contribution in [3.63, 3.8) is 0 Å². The second kappa shape index (κ2) is 22.7. The second-order valence-electron chi connectivity index (χ2n) is 13.6. The molecule has 13 nitrogen and oxygen atoms in total. The highest BCUT2D eigenvalue weighted by Crippen LogP contribution is 2.27. The van der Waals surface area contributed by atoms with Gasteiger partial charge < -0.3 is 37.4 Å². The maximum absolute atomic E-state index is 14.4. The van der Waals surface area contributed by atoms with Crippen molar-refractivity contribution in [2.75, 3.05) is 39.8 Å². The van der Waals surface area contributed by atoms with Crippen molar-refractivity contribution in [1.82, 2.24) is 25.8 Å². The van der Waals surface area contributed by atoms with Crippen LogP contribution in [0.1, 0.15) is 105 Å². The summed E-state index contributed by atoms with van der Waals surface area (Å²) in [5.41, 5.74) is 11.1. The molecule has 5 amide bonds. The molecule has 0 aromatic carbocycles. The van der Waals surface area contributed by atoms with Gasteiger partial charge in [-0.2, -0.15) is 0 Å². The van der Waals surface area contributed by atoms with Crippen LogP contribution >= 0.6 is 0 Å². The van der Waals surface area contributed by atoms with Gasteiger partial charge in [0.05, 0.1) is 18.6 Å². The van der Waals surface area contributed by atoms with Gasteiger partial charge in [-0.1, -0.05) is 73.1 Å². The Hall–Kier alpha value is -2.77. The normalized spacial score (nSPS) is 17.0. The van der Waals surface area contributed by atoms with Crippen LogP contribution in [0, 0.1) is 17.8 Å². The molecule has 5 atom stereocenters. The zero-order chi connectivity index (χ0) is 35.5. The van der Waals surface area contributed by atoms with Gasteiger partial charge >= 0.3 is 0 Å². The number of unbranched alkanes of at least 4 members (excludes halogenated alkanes) is 2. The zero-order valence-corrected chi connectivity index (χ0v) is 29.9. The van der Waals surface area contributed by atoms with Crippen molar-refractivity contribution in [2.45, 2.75) is 129 Å². The first-order valence-electron chi connectivity index (χ1n) is 17.8. The SMILES string of the molecule is CCCC[C@@H](C(=O)N(C)[C@@H](CC(C)C)C(=O)N[C@H](C(=O)N[C@@H](CN)C(N)=O)C1CCCCC1)N(CCCC)CCNC(=O)[C@@H](C)CO. The fourth-order valence-corrected chi connectivity index (χ4v) is 6.12. The maximum atomic E-state index is 14.4. The molecule has 0 aromatic heterocycles. The van der Waals surface area contributed by atoms with Crippen molar-refractivity contribution in [1.29, 1.82) is 0 Å². The maximum Gasteiger partial charge on any atom is 0.243 e. The topological polar surface area (TPSA) is 200 Å². The van der Waals surface area contributed by atoms with E-state index in [1.54, 1.807) is 14.0 Å². The largest absolute Gasteiger partial charge is 0.396 e. The number of hydrogen-bond donors (Lipinski definition) is 6. The van der Waals surface area contributed by atoms with Crippen molar-refractivity contribution >= 4 is 29.5 Å². The minimum Gasteiger partial charge on any atom is -0.396 e. The summed E-state index contributed by atoms with van der Waals surface area (Å²) in [7, 11) is 1.66. The van der Waals surface area contributed by atoms with Crippen LogP contribution in [0.2, 0.25) is 0 Å². The first-order valence-corrected chi connectivity index (χ1v) is 17.8. The summed E-state index contributed by atoms with van der Waals surface area (Å²) in [4.78, 5) is 69.8. The molecule has 1 rings (SSSR count). The monoisotopic (exact) mass is 667 g/mol. The van der Waals surface area contributed by atoms with Gasteiger partial charge in [0.2, 0.25) is 29.5 Å². The number of carbonyl (C=O) groups is 5. The highest BCUT2D eigenvalue weighted by atomic mass is 16.3. The van der Waals surface area contributed by atoms with E-state index in [0.717, 1.165) is 57.8 Å². The Morgan fingerprint density at radius 1 is 0.872 bits per heavy atom. The lowest BCUT2D eigenvalue weighted by molar-refractivity contribution is -0.145. The van der Waals surface area contributed by atoms with E-state index in [1.807, 2.05) is 13.8 Å². The number of carbonyl (C=O) groups excluding carboxylic acids is 5. The molecule has 1 aliphatic carbocycles. The number of nitrogens with zero attached hydrogens (tertiary/aromatic N) is 2. The fourth-order valence-electron chi connectivity index (χ4n) is 6.12. The molecule has 8 N–H and O–H groups in total. The molecule has 47 heavy (non-hydrogen) atoms. The standard InChI is InChI=1S/C34H65N7O6/c1-7-9-16-27(41(18-10-8-2)19-17-37-31(44)24(5)22-42)34(47)40(6)28(20-23(3)4)32(45)39-29(25-14-12-11-13-15-25)33(46)38-26(21-35)30(36)43/h23-29,42H,7-22,35H2,1-6H3,(H2,36,43)(H,37,44)(H,38,46)(H,39,45)/t24-,26-,27-,28-,29-/m0/s1. The number of hydrogen-bond acceptors (Lipinski definition) is 8. The molecular weight excluding hydrogens is 602 g/mol. The number of amides is 5. The highest BCUT2D eigenvalue weighted by Gasteiger charge is 2.38. The van der Waals surface area contributed by atoms with E-state index in [-0.39, 0.29) is 36.8 Å². The Bertz CT molecular complexity index is 975. The Morgan fingerprint density at radius 3 is 2.04 bits per heavy atom. The van der Waals surface area contributed by atoms with Gasteiger partial charge in [-0.15, -0.1) is 0 Å². The number of aliphatic hydroxyl groups is 1. The Morgan fingerprint density at radius 2 is 1.51 bits per heavy atom. The molecule has 0 radical (unpaired) electrons. The van der Waals surface area contributed by atoms with Crippen LogP contribution in [-0.4, -0.2) is 108 Å². The Kier molecular flexibility index (Phi) is 20.4. The van der Waals surface area contributed by atoms with Crippen LogP contribution in [0.5, 0.6) is 0 Å². The quantitative estimate of drug-likeness (QED) is 0.0935. The molecule has 0 bridgehead atoms. The van der Waals surface area contributed by atoms with E-state index < -0.39 is 47.8 Å². The fraction of sp³-hybridized carbons (Fsp3) is 0.853. The van der Waals surface area contributed by atoms with Crippen molar-refractivity contribution in [2.24, 2.45) is 29.2 Å². The minimum absolute atomic E-state index is 0.0773. The Balaban J connectivity index is 3.33. The molecule has 0 aliphatic heterocycles. The first-order chi connectivity index (χ1) is 22.3. The van der Waals surface area contributed by atoms with Crippen molar-refractivity contribution < 1.29 is 29.1 Å². The lowest BCUT2D eigenvalue weighted by Gasteiger charge is -2.38. The second-order valence-corrected chi connectivity index (χ2v) is 13.6. The molecule has 1 aliphatic rings. The molecule has 272 valence electrons. The van der Waals surface area contributed by atoms with Crippen LogP contribution in [0.4, 0.5) is 0 Å². The highest BCUT2D eigenvalue weighted by molar-refractivity contribution is 5.94. The summed E-state index contributed by atoms with van der Waals surface area (Å²) in [6.07, 6.45) is 8.91. The molecule has 1 saturated carbocycles. The average molecular weight is 668 g/mol. The van der Waals surface area contributed by atoms with Gasteiger partial charge in [-0.25, -0.2) is 0 Å². The van der Waals surface area contributed by atoms with Gasteiger partial charge in [0, 0.05) is 26.7 Å². The lowest BCUT2D eigenvalue weighted by Crippen LogP contribution is -2.61. The van der Waals surface area contributed by atoms with E-state index in [0.29, 0.717) is 32.5 Å². The predicted molar refractivity (Wildman–Crippen MR) is 184 cm³/mol. The van der Waals surface area contributed by atoms with Gasteiger partial charge in [0.15, 0.2) is 0 Å². The van der Waals surface area contributed by atoms with Crippen LogP contribution < -0.4 is 27.4 Å². The van der Waals surface area contributed by atoms with E-state index in [2.05, 4.69) is 34.7 Å². The molecule has 0 heterocycles. The summed E-state index contributed by atoms with van der Waals surface area (Å²) >= 11 is 0. The molecule has 0 unspecified atom stereocenters. The molecule has 0 saturated heterocycles. The summed E-state index contributed by atoms with van der Waals surface area (Å²) < 4.78 is 0. The van der Waals surface area contributed by atoms with Crippen LogP contribution in [0.25, 0.3) is 0 Å². The molecule has 0 aromatic rings. The summed E-state index contributed by atoms with van der Waals surface area (Å²) in [6, 6.07) is -3.27. The van der Waals surface area contributed by atoms with Crippen LogP contribution in [-0.2, 0) is 24.0 Å². The molecule has 1 fully saturated rings. The van der Waals surface area contributed by atoms with Gasteiger partial charge in [0.25, 0.3) is 0 Å². The Labute approximate surface area is 282 Å². The zero-order valence-electron chi connectivity index (χ0n) is 29.9. The van der Waals surface area contributed by atoms with Crippen molar-refractivity contribution in [3.05, 3.63) is 0 Å². The summed E-state index contributed by atoms with van der Waals surface area (Å²) in [5.74, 6) is -2.64. The first kappa shape index (κ1) is 42.3. The number of primary amides is 1. The van der Waals surface area contributed by atoms with Gasteiger partial charge in [-0.05, 0) is 50.5 Å². The third-order valence-electron chi connectivity index (χ3n) is 9.19. The van der Waals surface area contributed by atoms with Gasteiger partial charge in [-0.3, -0.25) is 28.9 Å². The van der Waals surface area contributed by atoms with E-state index in [1.165, 1.54) is 4.90 Å². The van der Waals surface area contributed by atoms with E-state index in [9.17, 15) is 29.1 Å². The number of nitrogens with two attached hydrogens (primary N) is 2.